The van der Waals surface area contributed by atoms with E-state index in [0.29, 0.717) is 6.04 Å². The number of nitrogens with one attached hydrogen (secondary N) is 1. The molecule has 3 heteroatoms. The molecule has 1 aromatic heterocycles. The third-order valence-corrected chi connectivity index (χ3v) is 3.43. The van der Waals surface area contributed by atoms with Crippen LogP contribution in [0.5, 0.6) is 0 Å². The van der Waals surface area contributed by atoms with Crippen molar-refractivity contribution >= 4 is 0 Å². The van der Waals surface area contributed by atoms with E-state index in [4.69, 9.17) is 5.10 Å². The summed E-state index contributed by atoms with van der Waals surface area (Å²) < 4.78 is 2.23. The van der Waals surface area contributed by atoms with E-state index in [1.807, 2.05) is 7.05 Å². The summed E-state index contributed by atoms with van der Waals surface area (Å²) in [6.45, 7) is 9.93. The second kappa shape index (κ2) is 6.80. The Hall–Kier alpha value is -0.830. The Kier molecular flexibility index (Phi) is 5.69. The fraction of sp³-hybridized carbons (Fsp3) is 0.786. The first kappa shape index (κ1) is 14.2. The van der Waals surface area contributed by atoms with Gasteiger partial charge in [-0.15, -0.1) is 0 Å². The Morgan fingerprint density at radius 1 is 1.24 bits per heavy atom. The third kappa shape index (κ3) is 3.09. The summed E-state index contributed by atoms with van der Waals surface area (Å²) in [6, 6.07) is 0.398. The molecule has 1 atom stereocenters. The van der Waals surface area contributed by atoms with E-state index < -0.39 is 0 Å². The van der Waals surface area contributed by atoms with Crippen LogP contribution in [0.1, 0.15) is 63.5 Å². The maximum atomic E-state index is 4.78. The lowest BCUT2D eigenvalue weighted by atomic mass is 10.0. The molecular weight excluding hydrogens is 210 g/mol. The first-order valence-corrected chi connectivity index (χ1v) is 6.95. The van der Waals surface area contributed by atoms with Gasteiger partial charge in [0.05, 0.1) is 5.69 Å². The Balaban J connectivity index is 3.11. The van der Waals surface area contributed by atoms with Crippen molar-refractivity contribution in [2.24, 2.45) is 0 Å². The van der Waals surface area contributed by atoms with Gasteiger partial charge in [-0.1, -0.05) is 27.2 Å². The minimum Gasteiger partial charge on any atom is -0.313 e. The predicted molar refractivity (Wildman–Crippen MR) is 73.4 cm³/mol. The lowest BCUT2D eigenvalue weighted by Crippen LogP contribution is -2.15. The van der Waals surface area contributed by atoms with E-state index in [1.165, 1.54) is 29.8 Å². The molecule has 0 amide bonds. The van der Waals surface area contributed by atoms with E-state index >= 15 is 0 Å². The van der Waals surface area contributed by atoms with Crippen molar-refractivity contribution in [1.82, 2.24) is 15.1 Å². The van der Waals surface area contributed by atoms with Crippen LogP contribution in [-0.4, -0.2) is 16.8 Å². The van der Waals surface area contributed by atoms with Crippen LogP contribution in [0.25, 0.3) is 0 Å². The van der Waals surface area contributed by atoms with Crippen molar-refractivity contribution in [3.63, 3.8) is 0 Å². The Morgan fingerprint density at radius 3 is 2.41 bits per heavy atom. The molecule has 17 heavy (non-hydrogen) atoms. The normalized spacial score (nSPS) is 13.0. The van der Waals surface area contributed by atoms with Gasteiger partial charge in [-0.05, 0) is 33.2 Å². The molecule has 0 fully saturated rings. The summed E-state index contributed by atoms with van der Waals surface area (Å²) in [4.78, 5) is 0. The number of hydrogen-bond acceptors (Lipinski definition) is 2. The Morgan fingerprint density at radius 2 is 1.94 bits per heavy atom. The zero-order chi connectivity index (χ0) is 12.8. The van der Waals surface area contributed by atoms with E-state index in [1.54, 1.807) is 0 Å². The number of hydrogen-bond donors (Lipinski definition) is 1. The highest BCUT2D eigenvalue weighted by atomic mass is 15.3. The van der Waals surface area contributed by atoms with Gasteiger partial charge in [-0.25, -0.2) is 0 Å². The molecular formula is C14H27N3. The molecule has 1 N–H and O–H groups in total. The maximum Gasteiger partial charge on any atom is 0.0672 e. The third-order valence-electron chi connectivity index (χ3n) is 3.43. The fourth-order valence-electron chi connectivity index (χ4n) is 2.34. The lowest BCUT2D eigenvalue weighted by Gasteiger charge is -2.13. The molecule has 0 saturated carbocycles. The van der Waals surface area contributed by atoms with E-state index in [9.17, 15) is 0 Å². The van der Waals surface area contributed by atoms with Crippen LogP contribution in [0.15, 0.2) is 0 Å². The molecule has 0 aliphatic heterocycles. The van der Waals surface area contributed by atoms with Gasteiger partial charge in [0, 0.05) is 23.8 Å². The summed E-state index contributed by atoms with van der Waals surface area (Å²) in [6.07, 6.45) is 4.53. The highest BCUT2D eigenvalue weighted by Gasteiger charge is 2.19. The lowest BCUT2D eigenvalue weighted by molar-refractivity contribution is 0.543. The average Bonchev–Trinajstić information content (AvgIpc) is 2.72. The largest absolute Gasteiger partial charge is 0.313 e. The highest BCUT2D eigenvalue weighted by Crippen LogP contribution is 2.23. The van der Waals surface area contributed by atoms with Crippen molar-refractivity contribution in [2.45, 2.75) is 66.0 Å². The van der Waals surface area contributed by atoms with Crippen molar-refractivity contribution in [3.8, 4) is 0 Å². The molecule has 0 radical (unpaired) electrons. The minimum absolute atomic E-state index is 0.398. The monoisotopic (exact) mass is 237 g/mol. The maximum absolute atomic E-state index is 4.78. The first-order chi connectivity index (χ1) is 8.19. The van der Waals surface area contributed by atoms with E-state index in [2.05, 4.69) is 37.7 Å². The fourth-order valence-corrected chi connectivity index (χ4v) is 2.34. The Bertz CT molecular complexity index is 341. The summed E-state index contributed by atoms with van der Waals surface area (Å²) in [5.74, 6) is 0. The van der Waals surface area contributed by atoms with Crippen molar-refractivity contribution in [3.05, 3.63) is 17.0 Å². The zero-order valence-corrected chi connectivity index (χ0v) is 12.0. The van der Waals surface area contributed by atoms with Gasteiger partial charge in [0.25, 0.3) is 0 Å². The summed E-state index contributed by atoms with van der Waals surface area (Å²) in [5, 5.41) is 8.13. The molecule has 0 spiro atoms. The smallest absolute Gasteiger partial charge is 0.0672 e. The van der Waals surface area contributed by atoms with Crippen LogP contribution in [-0.2, 0) is 19.4 Å². The second-order valence-electron chi connectivity index (χ2n) is 4.60. The van der Waals surface area contributed by atoms with Gasteiger partial charge in [0.15, 0.2) is 0 Å². The highest BCUT2D eigenvalue weighted by molar-refractivity contribution is 5.30. The number of nitrogens with zero attached hydrogens (tertiary/aromatic N) is 2. The quantitative estimate of drug-likeness (QED) is 0.790. The molecule has 0 aliphatic rings. The van der Waals surface area contributed by atoms with Crippen LogP contribution < -0.4 is 5.32 Å². The average molecular weight is 237 g/mol. The molecule has 0 aromatic carbocycles. The molecule has 1 aromatic rings. The minimum atomic E-state index is 0.398. The first-order valence-electron chi connectivity index (χ1n) is 6.95. The van der Waals surface area contributed by atoms with Gasteiger partial charge in [-0.3, -0.25) is 4.68 Å². The van der Waals surface area contributed by atoms with Gasteiger partial charge in [0.2, 0.25) is 0 Å². The molecule has 1 unspecified atom stereocenters. The van der Waals surface area contributed by atoms with Crippen LogP contribution >= 0.6 is 0 Å². The van der Waals surface area contributed by atoms with E-state index in [-0.39, 0.29) is 0 Å². The second-order valence-corrected chi connectivity index (χ2v) is 4.60. The number of unbranched alkanes of at least 4 members (excludes halogenated alkanes) is 1. The molecule has 0 saturated heterocycles. The molecule has 0 aliphatic carbocycles. The molecule has 0 bridgehead atoms. The number of rotatable bonds is 7. The topological polar surface area (TPSA) is 29.9 Å². The zero-order valence-electron chi connectivity index (χ0n) is 12.0. The van der Waals surface area contributed by atoms with Crippen LogP contribution in [0, 0.1) is 0 Å². The van der Waals surface area contributed by atoms with Crippen molar-refractivity contribution in [1.29, 1.82) is 0 Å². The van der Waals surface area contributed by atoms with Gasteiger partial charge < -0.3 is 5.32 Å². The molecule has 1 heterocycles. The molecule has 1 rings (SSSR count). The summed E-state index contributed by atoms with van der Waals surface area (Å²) in [7, 11) is 2.02. The predicted octanol–water partition coefficient (Wildman–Crippen LogP) is 3.09. The van der Waals surface area contributed by atoms with Gasteiger partial charge in [-0.2, -0.15) is 5.10 Å². The van der Waals surface area contributed by atoms with Crippen molar-refractivity contribution < 1.29 is 0 Å². The molecule has 3 nitrogen and oxygen atoms in total. The summed E-state index contributed by atoms with van der Waals surface area (Å²) in [5.41, 5.74) is 4.10. The van der Waals surface area contributed by atoms with Crippen LogP contribution in [0.3, 0.4) is 0 Å². The standard InChI is InChI=1S/C14H27N3/c1-6-9-10-17-13(8-3)14(11(4)15-5)12(7-2)16-17/h11,15H,6-10H2,1-5H3. The number of aromatic nitrogens is 2. The Labute approximate surface area is 106 Å². The molecule has 98 valence electrons. The SMILES string of the molecule is CCCCn1nc(CC)c(C(C)NC)c1CC. The van der Waals surface area contributed by atoms with Crippen LogP contribution in [0.4, 0.5) is 0 Å². The van der Waals surface area contributed by atoms with E-state index in [0.717, 1.165) is 19.4 Å². The van der Waals surface area contributed by atoms with Crippen LogP contribution in [0.2, 0.25) is 0 Å². The number of aryl methyl sites for hydroxylation is 2. The van der Waals surface area contributed by atoms with Gasteiger partial charge >= 0.3 is 0 Å². The van der Waals surface area contributed by atoms with Gasteiger partial charge in [0.1, 0.15) is 0 Å². The van der Waals surface area contributed by atoms with Crippen molar-refractivity contribution in [2.75, 3.05) is 7.05 Å². The summed E-state index contributed by atoms with van der Waals surface area (Å²) >= 11 is 0.